The first-order chi connectivity index (χ1) is 17.3. The molecule has 0 atom stereocenters. The molecule has 4 N–H and O–H groups in total. The second kappa shape index (κ2) is 10.4. The molecule has 0 aliphatic carbocycles. The molecule has 0 spiro atoms. The Bertz CT molecular complexity index is 1470. The Morgan fingerprint density at radius 2 is 0.889 bits per heavy atom. The maximum absolute atomic E-state index is 12.9. The van der Waals surface area contributed by atoms with Gasteiger partial charge in [-0.1, -0.05) is 48.5 Å². The number of hydrogen-bond donors (Lipinski definition) is 4. The Morgan fingerprint density at radius 3 is 1.36 bits per heavy atom. The minimum absolute atomic E-state index is 0.0423. The lowest BCUT2D eigenvalue weighted by Gasteiger charge is -2.12. The molecule has 0 radical (unpaired) electrons. The van der Waals surface area contributed by atoms with Crippen LogP contribution in [0.4, 0.5) is 11.4 Å². The summed E-state index contributed by atoms with van der Waals surface area (Å²) in [6.45, 7) is 0. The van der Waals surface area contributed by atoms with Crippen LogP contribution in [0.1, 0.15) is 41.4 Å². The summed E-state index contributed by atoms with van der Waals surface area (Å²) in [5.41, 5.74) is 1.24. The maximum Gasteiger partial charge on any atom is 0.336 e. The average Bonchev–Trinajstić information content (AvgIpc) is 2.89. The van der Waals surface area contributed by atoms with Gasteiger partial charge in [-0.15, -0.1) is 0 Å². The van der Waals surface area contributed by atoms with Gasteiger partial charge in [-0.05, 0) is 59.7 Å². The van der Waals surface area contributed by atoms with Gasteiger partial charge in [0.05, 0.1) is 22.3 Å². The first kappa shape index (κ1) is 23.9. The van der Waals surface area contributed by atoms with Crippen LogP contribution in [-0.2, 0) is 0 Å². The Morgan fingerprint density at radius 1 is 0.472 bits per heavy atom. The fourth-order valence-corrected chi connectivity index (χ4v) is 3.64. The molecule has 4 aromatic carbocycles. The van der Waals surface area contributed by atoms with Crippen molar-refractivity contribution < 1.29 is 29.4 Å². The summed E-state index contributed by atoms with van der Waals surface area (Å²) < 4.78 is 0. The molecule has 0 heterocycles. The third-order valence-corrected chi connectivity index (χ3v) is 5.39. The molecule has 0 aliphatic rings. The Kier molecular flexibility index (Phi) is 6.87. The number of carbonyl (C=O) groups excluding carboxylic acids is 2. The molecular weight excluding hydrogens is 460 g/mol. The molecule has 2 amide bonds. The molecule has 0 aromatic heterocycles. The normalized spacial score (nSPS) is 10.3. The van der Waals surface area contributed by atoms with Gasteiger partial charge in [-0.2, -0.15) is 0 Å². The standard InChI is InChI=1S/C28H20N2O6/c31-25(29-19-7-3-1-4-8-19)21-13-11-18(16-24(21)28(35)36)17-12-14-22(27(33)34)23(15-17)26(32)30-20-9-5-2-6-10-20/h1-16H,(H,29,31)(H,30,32)(H,33,34)(H,35,36). The van der Waals surface area contributed by atoms with Crippen molar-refractivity contribution >= 4 is 35.1 Å². The van der Waals surface area contributed by atoms with Crippen LogP contribution in [-0.4, -0.2) is 34.0 Å². The van der Waals surface area contributed by atoms with E-state index in [-0.39, 0.29) is 22.3 Å². The summed E-state index contributed by atoms with van der Waals surface area (Å²) in [4.78, 5) is 49.3. The highest BCUT2D eigenvalue weighted by molar-refractivity contribution is 6.12. The highest BCUT2D eigenvalue weighted by Gasteiger charge is 2.21. The number of para-hydroxylation sites is 2. The summed E-state index contributed by atoms with van der Waals surface area (Å²) in [6, 6.07) is 25.6. The number of amides is 2. The number of aromatic carboxylic acids is 2. The molecule has 0 bridgehead atoms. The Balaban J connectivity index is 1.70. The van der Waals surface area contributed by atoms with Crippen molar-refractivity contribution in [3.63, 3.8) is 0 Å². The summed E-state index contributed by atoms with van der Waals surface area (Å²) in [7, 11) is 0. The smallest absolute Gasteiger partial charge is 0.336 e. The molecule has 36 heavy (non-hydrogen) atoms. The first-order valence-electron chi connectivity index (χ1n) is 10.8. The van der Waals surface area contributed by atoms with Crippen molar-refractivity contribution in [2.45, 2.75) is 0 Å². The molecule has 0 saturated heterocycles. The lowest BCUT2D eigenvalue weighted by atomic mass is 9.95. The van der Waals surface area contributed by atoms with Crippen molar-refractivity contribution in [2.24, 2.45) is 0 Å². The molecule has 0 unspecified atom stereocenters. The van der Waals surface area contributed by atoms with E-state index in [1.165, 1.54) is 30.3 Å². The SMILES string of the molecule is O=C(O)c1cc(-c2ccc(C(=O)O)c(C(=O)Nc3ccccc3)c2)ccc1C(=O)Nc1ccccc1. The fraction of sp³-hybridized carbons (Fsp3) is 0. The van der Waals surface area contributed by atoms with Crippen LogP contribution in [0.15, 0.2) is 97.1 Å². The predicted molar refractivity (Wildman–Crippen MR) is 135 cm³/mol. The molecule has 4 rings (SSSR count). The molecule has 0 saturated carbocycles. The molecule has 0 fully saturated rings. The van der Waals surface area contributed by atoms with Crippen molar-refractivity contribution in [1.82, 2.24) is 0 Å². The van der Waals surface area contributed by atoms with Crippen molar-refractivity contribution in [1.29, 1.82) is 0 Å². The van der Waals surface area contributed by atoms with Gasteiger partial charge in [0.1, 0.15) is 0 Å². The zero-order valence-corrected chi connectivity index (χ0v) is 18.8. The Hall–Kier alpha value is -5.24. The molecule has 0 aliphatic heterocycles. The lowest BCUT2D eigenvalue weighted by Crippen LogP contribution is -2.17. The molecule has 8 nitrogen and oxygen atoms in total. The zero-order valence-electron chi connectivity index (χ0n) is 18.8. The van der Waals surface area contributed by atoms with Gasteiger partial charge >= 0.3 is 11.9 Å². The third kappa shape index (κ3) is 5.28. The van der Waals surface area contributed by atoms with Crippen LogP contribution in [0.3, 0.4) is 0 Å². The van der Waals surface area contributed by atoms with Gasteiger partial charge in [0.15, 0.2) is 0 Å². The van der Waals surface area contributed by atoms with Gasteiger partial charge in [0.2, 0.25) is 0 Å². The van der Waals surface area contributed by atoms with Crippen LogP contribution in [0.5, 0.6) is 0 Å². The highest BCUT2D eigenvalue weighted by Crippen LogP contribution is 2.27. The van der Waals surface area contributed by atoms with E-state index in [0.29, 0.717) is 22.5 Å². The molecule has 178 valence electrons. The van der Waals surface area contributed by atoms with Gasteiger partial charge in [-0.3, -0.25) is 9.59 Å². The number of benzene rings is 4. The average molecular weight is 480 g/mol. The van der Waals surface area contributed by atoms with E-state index in [0.717, 1.165) is 0 Å². The summed E-state index contributed by atoms with van der Waals surface area (Å²) in [6.07, 6.45) is 0. The minimum Gasteiger partial charge on any atom is -0.478 e. The van der Waals surface area contributed by atoms with Crippen LogP contribution in [0, 0.1) is 0 Å². The van der Waals surface area contributed by atoms with E-state index in [1.54, 1.807) is 66.7 Å². The van der Waals surface area contributed by atoms with Crippen LogP contribution >= 0.6 is 0 Å². The predicted octanol–water partition coefficient (Wildman–Crippen LogP) is 5.25. The van der Waals surface area contributed by atoms with Crippen molar-refractivity contribution in [2.75, 3.05) is 10.6 Å². The van der Waals surface area contributed by atoms with E-state index in [2.05, 4.69) is 10.6 Å². The minimum atomic E-state index is -1.31. The number of carboxylic acid groups (broad SMARTS) is 2. The largest absolute Gasteiger partial charge is 0.478 e. The Labute approximate surface area is 205 Å². The van der Waals surface area contributed by atoms with Gasteiger partial charge < -0.3 is 20.8 Å². The van der Waals surface area contributed by atoms with E-state index in [4.69, 9.17) is 0 Å². The second-order valence-electron chi connectivity index (χ2n) is 7.77. The fourth-order valence-electron chi connectivity index (χ4n) is 3.64. The monoisotopic (exact) mass is 480 g/mol. The lowest BCUT2D eigenvalue weighted by molar-refractivity contribution is 0.0683. The zero-order chi connectivity index (χ0) is 25.7. The number of rotatable bonds is 7. The van der Waals surface area contributed by atoms with E-state index >= 15 is 0 Å². The van der Waals surface area contributed by atoms with Crippen LogP contribution in [0.25, 0.3) is 11.1 Å². The van der Waals surface area contributed by atoms with E-state index < -0.39 is 23.8 Å². The summed E-state index contributed by atoms with van der Waals surface area (Å²) in [5.74, 6) is -3.80. The van der Waals surface area contributed by atoms with Gasteiger partial charge in [-0.25, -0.2) is 9.59 Å². The summed E-state index contributed by atoms with van der Waals surface area (Å²) >= 11 is 0. The quantitative estimate of drug-likeness (QED) is 0.285. The van der Waals surface area contributed by atoms with Crippen LogP contribution < -0.4 is 10.6 Å². The van der Waals surface area contributed by atoms with E-state index in [9.17, 15) is 29.4 Å². The van der Waals surface area contributed by atoms with Crippen molar-refractivity contribution in [3.8, 4) is 11.1 Å². The number of nitrogens with one attached hydrogen (secondary N) is 2. The van der Waals surface area contributed by atoms with Crippen molar-refractivity contribution in [3.05, 3.63) is 119 Å². The highest BCUT2D eigenvalue weighted by atomic mass is 16.4. The second-order valence-corrected chi connectivity index (χ2v) is 7.77. The molecular formula is C28H20N2O6. The third-order valence-electron chi connectivity index (χ3n) is 5.39. The van der Waals surface area contributed by atoms with Gasteiger partial charge in [0.25, 0.3) is 11.8 Å². The first-order valence-corrected chi connectivity index (χ1v) is 10.8. The van der Waals surface area contributed by atoms with E-state index in [1.807, 2.05) is 0 Å². The number of hydrogen-bond acceptors (Lipinski definition) is 4. The molecule has 4 aromatic rings. The number of anilines is 2. The number of carboxylic acids is 2. The van der Waals surface area contributed by atoms with Gasteiger partial charge in [0, 0.05) is 11.4 Å². The maximum atomic E-state index is 12.9. The summed E-state index contributed by atoms with van der Waals surface area (Å²) in [5, 5.41) is 24.6. The number of carbonyl (C=O) groups is 4. The topological polar surface area (TPSA) is 133 Å². The van der Waals surface area contributed by atoms with Crippen LogP contribution in [0.2, 0.25) is 0 Å². The molecule has 8 heteroatoms.